The Kier molecular flexibility index (Phi) is 3.99. The molecular formula is C16H14F2N2. The molecule has 2 aromatic carbocycles. The minimum atomic E-state index is -0.778. The van der Waals surface area contributed by atoms with Crippen molar-refractivity contribution in [3.63, 3.8) is 0 Å². The van der Waals surface area contributed by atoms with E-state index in [2.05, 4.69) is 5.32 Å². The summed E-state index contributed by atoms with van der Waals surface area (Å²) in [5.41, 5.74) is 1.35. The lowest BCUT2D eigenvalue weighted by Gasteiger charge is -2.15. The van der Waals surface area contributed by atoms with Gasteiger partial charge in [0.25, 0.3) is 0 Å². The van der Waals surface area contributed by atoms with Gasteiger partial charge in [0.1, 0.15) is 5.69 Å². The molecule has 0 atom stereocenters. The molecule has 0 unspecified atom stereocenters. The van der Waals surface area contributed by atoms with E-state index in [0.29, 0.717) is 5.69 Å². The van der Waals surface area contributed by atoms with Crippen molar-refractivity contribution in [3.05, 3.63) is 59.2 Å². The van der Waals surface area contributed by atoms with E-state index in [-0.39, 0.29) is 17.2 Å². The van der Waals surface area contributed by atoms with Gasteiger partial charge in [0.05, 0.1) is 11.6 Å². The summed E-state index contributed by atoms with van der Waals surface area (Å²) in [4.78, 5) is 0. The zero-order valence-corrected chi connectivity index (χ0v) is 11.2. The van der Waals surface area contributed by atoms with Crippen LogP contribution in [0.1, 0.15) is 30.9 Å². The van der Waals surface area contributed by atoms with E-state index in [1.807, 2.05) is 26.0 Å². The fourth-order valence-electron chi connectivity index (χ4n) is 2.01. The van der Waals surface area contributed by atoms with Crippen LogP contribution in [-0.2, 0) is 0 Å². The first-order valence-electron chi connectivity index (χ1n) is 6.28. The number of halogens is 2. The van der Waals surface area contributed by atoms with Gasteiger partial charge < -0.3 is 5.32 Å². The minimum absolute atomic E-state index is 0.0392. The molecule has 2 nitrogen and oxygen atoms in total. The van der Waals surface area contributed by atoms with Gasteiger partial charge >= 0.3 is 0 Å². The normalized spacial score (nSPS) is 10.4. The van der Waals surface area contributed by atoms with Gasteiger partial charge in [-0.1, -0.05) is 32.0 Å². The van der Waals surface area contributed by atoms with Crippen LogP contribution in [0.5, 0.6) is 0 Å². The number of para-hydroxylation sites is 1. The summed E-state index contributed by atoms with van der Waals surface area (Å²) >= 11 is 0. The standard InChI is InChI=1S/C16H14F2N2/c1-10(2)12-5-3-4-6-15(12)20-16-13(17)7-11(9-19)8-14(16)18/h3-8,10,20H,1-2H3. The molecule has 2 aromatic rings. The molecule has 2 rings (SSSR count). The molecule has 0 saturated heterocycles. The average Bonchev–Trinajstić information content (AvgIpc) is 2.42. The summed E-state index contributed by atoms with van der Waals surface area (Å²) in [5, 5.41) is 11.5. The predicted octanol–water partition coefficient (Wildman–Crippen LogP) is 4.70. The zero-order valence-electron chi connectivity index (χ0n) is 11.2. The SMILES string of the molecule is CC(C)c1ccccc1Nc1c(F)cc(C#N)cc1F. The van der Waals surface area contributed by atoms with E-state index in [4.69, 9.17) is 5.26 Å². The molecular weight excluding hydrogens is 258 g/mol. The zero-order chi connectivity index (χ0) is 14.7. The Labute approximate surface area is 116 Å². The Morgan fingerprint density at radius 3 is 2.25 bits per heavy atom. The Morgan fingerprint density at radius 2 is 1.70 bits per heavy atom. The van der Waals surface area contributed by atoms with Gasteiger partial charge in [0, 0.05) is 5.69 Å². The fourth-order valence-corrected chi connectivity index (χ4v) is 2.01. The highest BCUT2D eigenvalue weighted by Crippen LogP contribution is 2.29. The molecule has 0 aliphatic heterocycles. The molecule has 1 N–H and O–H groups in total. The maximum Gasteiger partial charge on any atom is 0.150 e. The number of anilines is 2. The van der Waals surface area contributed by atoms with Gasteiger partial charge in [-0.2, -0.15) is 5.26 Å². The third kappa shape index (κ3) is 2.77. The van der Waals surface area contributed by atoms with Crippen LogP contribution in [0.4, 0.5) is 20.2 Å². The highest BCUT2D eigenvalue weighted by Gasteiger charge is 2.13. The maximum absolute atomic E-state index is 13.9. The van der Waals surface area contributed by atoms with E-state index >= 15 is 0 Å². The molecule has 0 heterocycles. The number of hydrogen-bond donors (Lipinski definition) is 1. The second-order valence-electron chi connectivity index (χ2n) is 4.79. The van der Waals surface area contributed by atoms with Crippen molar-refractivity contribution in [1.29, 1.82) is 5.26 Å². The van der Waals surface area contributed by atoms with Crippen molar-refractivity contribution in [2.24, 2.45) is 0 Å². The molecule has 0 fully saturated rings. The first-order chi connectivity index (χ1) is 9.52. The lowest BCUT2D eigenvalue weighted by atomic mass is 10.0. The van der Waals surface area contributed by atoms with Gasteiger partial charge in [-0.05, 0) is 29.7 Å². The van der Waals surface area contributed by atoms with Crippen molar-refractivity contribution in [3.8, 4) is 6.07 Å². The Hall–Kier alpha value is -2.41. The summed E-state index contributed by atoms with van der Waals surface area (Å²) in [5.74, 6) is -1.33. The largest absolute Gasteiger partial charge is 0.350 e. The molecule has 0 radical (unpaired) electrons. The van der Waals surface area contributed by atoms with Crippen LogP contribution in [0.25, 0.3) is 0 Å². The molecule has 0 aliphatic rings. The Morgan fingerprint density at radius 1 is 1.10 bits per heavy atom. The van der Waals surface area contributed by atoms with Crippen molar-refractivity contribution in [1.82, 2.24) is 0 Å². The van der Waals surface area contributed by atoms with Crippen molar-refractivity contribution < 1.29 is 8.78 Å². The smallest absolute Gasteiger partial charge is 0.150 e. The molecule has 0 aliphatic carbocycles. The lowest BCUT2D eigenvalue weighted by Crippen LogP contribution is -2.02. The van der Waals surface area contributed by atoms with Gasteiger partial charge in [0.15, 0.2) is 11.6 Å². The van der Waals surface area contributed by atoms with E-state index in [9.17, 15) is 8.78 Å². The Balaban J connectivity index is 2.44. The average molecular weight is 272 g/mol. The van der Waals surface area contributed by atoms with Gasteiger partial charge in [-0.3, -0.25) is 0 Å². The van der Waals surface area contributed by atoms with Crippen LogP contribution in [0.15, 0.2) is 36.4 Å². The molecule has 20 heavy (non-hydrogen) atoms. The van der Waals surface area contributed by atoms with E-state index in [1.165, 1.54) is 0 Å². The second-order valence-corrected chi connectivity index (χ2v) is 4.79. The quantitative estimate of drug-likeness (QED) is 0.878. The number of rotatable bonds is 3. The molecule has 0 saturated carbocycles. The highest BCUT2D eigenvalue weighted by atomic mass is 19.1. The van der Waals surface area contributed by atoms with Crippen LogP contribution >= 0.6 is 0 Å². The predicted molar refractivity (Wildman–Crippen MR) is 74.9 cm³/mol. The van der Waals surface area contributed by atoms with E-state index in [0.717, 1.165) is 17.7 Å². The van der Waals surface area contributed by atoms with Gasteiger partial charge in [-0.15, -0.1) is 0 Å². The fraction of sp³-hybridized carbons (Fsp3) is 0.188. The summed E-state index contributed by atoms with van der Waals surface area (Å²) in [6, 6.07) is 11.1. The van der Waals surface area contributed by atoms with E-state index in [1.54, 1.807) is 18.2 Å². The van der Waals surface area contributed by atoms with Crippen molar-refractivity contribution >= 4 is 11.4 Å². The molecule has 0 amide bonds. The van der Waals surface area contributed by atoms with Crippen LogP contribution in [0.3, 0.4) is 0 Å². The maximum atomic E-state index is 13.9. The van der Waals surface area contributed by atoms with Gasteiger partial charge in [0.2, 0.25) is 0 Å². The summed E-state index contributed by atoms with van der Waals surface area (Å²) < 4.78 is 27.7. The number of nitrogens with zero attached hydrogens (tertiary/aromatic N) is 1. The molecule has 102 valence electrons. The minimum Gasteiger partial charge on any atom is -0.350 e. The van der Waals surface area contributed by atoms with Crippen LogP contribution < -0.4 is 5.32 Å². The second kappa shape index (κ2) is 5.70. The monoisotopic (exact) mass is 272 g/mol. The lowest BCUT2D eigenvalue weighted by molar-refractivity contribution is 0.590. The summed E-state index contributed by atoms with van der Waals surface area (Å²) in [6.07, 6.45) is 0. The van der Waals surface area contributed by atoms with Crippen LogP contribution in [0.2, 0.25) is 0 Å². The third-order valence-corrected chi connectivity index (χ3v) is 3.01. The van der Waals surface area contributed by atoms with Crippen molar-refractivity contribution in [2.75, 3.05) is 5.32 Å². The first-order valence-corrected chi connectivity index (χ1v) is 6.28. The molecule has 0 bridgehead atoms. The van der Waals surface area contributed by atoms with Crippen LogP contribution in [-0.4, -0.2) is 0 Å². The van der Waals surface area contributed by atoms with E-state index < -0.39 is 11.6 Å². The number of hydrogen-bond acceptors (Lipinski definition) is 2. The van der Waals surface area contributed by atoms with Crippen LogP contribution in [0, 0.1) is 23.0 Å². The third-order valence-electron chi connectivity index (χ3n) is 3.01. The molecule has 0 aromatic heterocycles. The first kappa shape index (κ1) is 14.0. The van der Waals surface area contributed by atoms with Crippen molar-refractivity contribution in [2.45, 2.75) is 19.8 Å². The van der Waals surface area contributed by atoms with Gasteiger partial charge in [-0.25, -0.2) is 8.78 Å². The topological polar surface area (TPSA) is 35.8 Å². The summed E-state index contributed by atoms with van der Waals surface area (Å²) in [6.45, 7) is 4.01. The number of benzene rings is 2. The Bertz CT molecular complexity index is 649. The number of nitriles is 1. The molecule has 4 heteroatoms. The number of nitrogens with one attached hydrogen (secondary N) is 1. The summed E-state index contributed by atoms with van der Waals surface area (Å²) in [7, 11) is 0. The molecule has 0 spiro atoms. The highest BCUT2D eigenvalue weighted by molar-refractivity contribution is 5.65.